The lowest BCUT2D eigenvalue weighted by Gasteiger charge is -2.27. The van der Waals surface area contributed by atoms with Gasteiger partial charge in [0.25, 0.3) is 5.13 Å². The largest absolute Gasteiger partial charge is 0.330 e. The van der Waals surface area contributed by atoms with E-state index in [-0.39, 0.29) is 10.8 Å². The molecule has 2 heterocycles. The zero-order chi connectivity index (χ0) is 15.6. The van der Waals surface area contributed by atoms with E-state index in [1.165, 1.54) is 23.5 Å². The lowest BCUT2D eigenvalue weighted by molar-refractivity contribution is -0.397. The highest BCUT2D eigenvalue weighted by Gasteiger charge is 2.23. The van der Waals surface area contributed by atoms with Gasteiger partial charge in [0.1, 0.15) is 4.90 Å². The molecule has 0 atom stereocenters. The molecule has 0 saturated carbocycles. The molecule has 0 aliphatic carbocycles. The molecule has 1 aliphatic rings. The third-order valence-corrected chi connectivity index (χ3v) is 5.61. The molecule has 1 fully saturated rings. The van der Waals surface area contributed by atoms with Crippen LogP contribution in [-0.2, 0) is 14.8 Å². The Bertz CT molecular complexity index is 757. The van der Waals surface area contributed by atoms with Gasteiger partial charge in [0.2, 0.25) is 5.91 Å². The van der Waals surface area contributed by atoms with E-state index in [0.717, 1.165) is 11.3 Å². The SMILES string of the molecule is O=C1CNCCN1c1ccc(S(=O)(=O)[NH2+]c2nccs2)cc1. The van der Waals surface area contributed by atoms with Gasteiger partial charge in [0, 0.05) is 30.4 Å². The van der Waals surface area contributed by atoms with Gasteiger partial charge in [-0.15, -0.1) is 0 Å². The Balaban J connectivity index is 1.80. The zero-order valence-corrected chi connectivity index (χ0v) is 13.2. The topological polar surface area (TPSA) is 96.0 Å². The van der Waals surface area contributed by atoms with Gasteiger partial charge in [0.15, 0.2) is 0 Å². The van der Waals surface area contributed by atoms with Crippen LogP contribution in [0.2, 0.25) is 0 Å². The van der Waals surface area contributed by atoms with Crippen molar-refractivity contribution in [2.45, 2.75) is 4.90 Å². The number of sulfonamides is 1. The Hall–Kier alpha value is -1.81. The number of nitrogens with one attached hydrogen (secondary N) is 1. The number of carbonyl (C=O) groups excluding carboxylic acids is 1. The molecule has 9 heteroatoms. The highest BCUT2D eigenvalue weighted by molar-refractivity contribution is 7.85. The second-order valence-corrected chi connectivity index (χ2v) is 7.47. The van der Waals surface area contributed by atoms with Gasteiger partial charge < -0.3 is 10.2 Å². The summed E-state index contributed by atoms with van der Waals surface area (Å²) in [7, 11) is -3.54. The minimum Gasteiger partial charge on any atom is -0.310 e. The van der Waals surface area contributed by atoms with Crippen molar-refractivity contribution in [3.63, 3.8) is 0 Å². The highest BCUT2D eigenvalue weighted by Crippen LogP contribution is 2.18. The summed E-state index contributed by atoms with van der Waals surface area (Å²) in [6.07, 6.45) is 1.56. The molecule has 3 rings (SSSR count). The molecule has 7 nitrogen and oxygen atoms in total. The number of hydrogen-bond donors (Lipinski definition) is 2. The molecular formula is C13H15N4O3S2+. The molecule has 1 saturated heterocycles. The summed E-state index contributed by atoms with van der Waals surface area (Å²) in [5, 5.41) is 5.17. The summed E-state index contributed by atoms with van der Waals surface area (Å²) in [4.78, 5) is 17.6. The van der Waals surface area contributed by atoms with Crippen LogP contribution >= 0.6 is 11.3 Å². The van der Waals surface area contributed by atoms with Crippen molar-refractivity contribution in [2.75, 3.05) is 24.5 Å². The minimum atomic E-state index is -3.54. The summed E-state index contributed by atoms with van der Waals surface area (Å²) in [6, 6.07) is 6.35. The van der Waals surface area contributed by atoms with Gasteiger partial charge >= 0.3 is 10.0 Å². The molecular weight excluding hydrogens is 324 g/mol. The van der Waals surface area contributed by atoms with Gasteiger partial charge in [-0.05, 0) is 24.3 Å². The Morgan fingerprint density at radius 3 is 2.68 bits per heavy atom. The smallest absolute Gasteiger partial charge is 0.310 e. The van der Waals surface area contributed by atoms with E-state index in [4.69, 9.17) is 0 Å². The van der Waals surface area contributed by atoms with E-state index in [1.807, 2.05) is 0 Å². The van der Waals surface area contributed by atoms with Crippen molar-refractivity contribution < 1.29 is 17.9 Å². The third kappa shape index (κ3) is 3.17. The molecule has 1 aromatic heterocycles. The number of benzene rings is 1. The first-order valence-corrected chi connectivity index (χ1v) is 9.09. The quantitative estimate of drug-likeness (QED) is 0.795. The van der Waals surface area contributed by atoms with E-state index in [9.17, 15) is 13.2 Å². The molecule has 22 heavy (non-hydrogen) atoms. The first-order valence-electron chi connectivity index (χ1n) is 6.67. The molecule has 1 amide bonds. The van der Waals surface area contributed by atoms with Crippen LogP contribution in [0.25, 0.3) is 0 Å². The van der Waals surface area contributed by atoms with Crippen molar-refractivity contribution >= 4 is 38.1 Å². The molecule has 0 spiro atoms. The zero-order valence-electron chi connectivity index (χ0n) is 11.6. The van der Waals surface area contributed by atoms with Crippen molar-refractivity contribution in [3.05, 3.63) is 35.8 Å². The summed E-state index contributed by atoms with van der Waals surface area (Å²) >= 11 is 1.26. The Morgan fingerprint density at radius 2 is 2.05 bits per heavy atom. The first kappa shape index (κ1) is 15.1. The van der Waals surface area contributed by atoms with Crippen LogP contribution in [0.15, 0.2) is 40.7 Å². The highest BCUT2D eigenvalue weighted by atomic mass is 32.2. The second-order valence-electron chi connectivity index (χ2n) is 4.75. The average molecular weight is 339 g/mol. The van der Waals surface area contributed by atoms with Gasteiger partial charge in [-0.2, -0.15) is 18.1 Å². The maximum Gasteiger partial charge on any atom is 0.330 e. The van der Waals surface area contributed by atoms with Gasteiger partial charge in [-0.3, -0.25) is 4.79 Å². The van der Waals surface area contributed by atoms with Crippen LogP contribution in [0.5, 0.6) is 0 Å². The van der Waals surface area contributed by atoms with Crippen molar-refractivity contribution in [3.8, 4) is 0 Å². The number of primary sulfonamides is 1. The number of rotatable bonds is 4. The Labute approximate surface area is 132 Å². The second kappa shape index (κ2) is 6.13. The molecule has 116 valence electrons. The Kier molecular flexibility index (Phi) is 4.21. The van der Waals surface area contributed by atoms with E-state index < -0.39 is 10.0 Å². The number of aromatic nitrogens is 1. The number of nitrogens with two attached hydrogens (primary N) is 1. The van der Waals surface area contributed by atoms with Crippen molar-refractivity contribution in [1.82, 2.24) is 10.3 Å². The van der Waals surface area contributed by atoms with Crippen LogP contribution in [0, 0.1) is 0 Å². The maximum atomic E-state index is 12.3. The lowest BCUT2D eigenvalue weighted by atomic mass is 10.2. The first-order chi connectivity index (χ1) is 10.6. The number of anilines is 1. The standard InChI is InChI=1S/C13H14N4O3S2/c18-12-9-14-5-7-17(12)10-1-3-11(4-2-10)22(19,20)16-13-15-6-8-21-13/h1-4,6,8,14H,5,7,9H2,(H,15,16)/p+1. The molecule has 0 unspecified atom stereocenters. The van der Waals surface area contributed by atoms with Gasteiger partial charge in [-0.25, -0.2) is 0 Å². The number of hydrogen-bond acceptors (Lipinski definition) is 6. The molecule has 2 aromatic rings. The lowest BCUT2D eigenvalue weighted by Crippen LogP contribution is -2.81. The number of amides is 1. The number of carbonyl (C=O) groups is 1. The fourth-order valence-electron chi connectivity index (χ4n) is 2.19. The third-order valence-electron chi connectivity index (χ3n) is 3.27. The number of thiazole rings is 1. The monoisotopic (exact) mass is 339 g/mol. The normalized spacial score (nSPS) is 16.0. The van der Waals surface area contributed by atoms with E-state index in [1.54, 1.807) is 28.6 Å². The summed E-state index contributed by atoms with van der Waals surface area (Å²) in [5.74, 6) is -0.0174. The van der Waals surface area contributed by atoms with E-state index in [0.29, 0.717) is 23.9 Å². The van der Waals surface area contributed by atoms with Crippen LogP contribution in [0.4, 0.5) is 10.8 Å². The minimum absolute atomic E-state index is 0.0174. The summed E-state index contributed by atoms with van der Waals surface area (Å²) < 4.78 is 25.7. The van der Waals surface area contributed by atoms with E-state index in [2.05, 4.69) is 10.3 Å². The maximum absolute atomic E-state index is 12.3. The Morgan fingerprint density at radius 1 is 1.27 bits per heavy atom. The van der Waals surface area contributed by atoms with Crippen LogP contribution < -0.4 is 14.9 Å². The fourth-order valence-corrected chi connectivity index (χ4v) is 4.15. The summed E-state index contributed by atoms with van der Waals surface area (Å²) in [5.41, 5.74) is 0.708. The molecule has 1 aromatic carbocycles. The number of nitrogens with zero attached hydrogens (tertiary/aromatic N) is 2. The predicted molar refractivity (Wildman–Crippen MR) is 82.5 cm³/mol. The van der Waals surface area contributed by atoms with E-state index >= 15 is 0 Å². The number of quaternary nitrogens is 1. The predicted octanol–water partition coefficient (Wildman–Crippen LogP) is -0.337. The fraction of sp³-hybridized carbons (Fsp3) is 0.231. The van der Waals surface area contributed by atoms with Crippen LogP contribution in [0.1, 0.15) is 0 Å². The van der Waals surface area contributed by atoms with Crippen LogP contribution in [0.3, 0.4) is 0 Å². The summed E-state index contributed by atoms with van der Waals surface area (Å²) in [6.45, 7) is 1.61. The molecule has 3 N–H and O–H groups in total. The molecule has 0 bridgehead atoms. The number of piperazine rings is 1. The molecule has 0 radical (unpaired) electrons. The van der Waals surface area contributed by atoms with Crippen molar-refractivity contribution in [1.29, 1.82) is 0 Å². The van der Waals surface area contributed by atoms with Crippen molar-refractivity contribution in [2.24, 2.45) is 0 Å². The van der Waals surface area contributed by atoms with Gasteiger partial charge in [-0.1, -0.05) is 11.3 Å². The molecule has 1 aliphatic heterocycles. The average Bonchev–Trinajstić information content (AvgIpc) is 3.00. The van der Waals surface area contributed by atoms with Crippen LogP contribution in [-0.4, -0.2) is 38.9 Å². The van der Waals surface area contributed by atoms with Gasteiger partial charge in [0.05, 0.1) is 6.54 Å².